The van der Waals surface area contributed by atoms with Crippen LogP contribution in [0.5, 0.6) is 5.75 Å². The van der Waals surface area contributed by atoms with Gasteiger partial charge in [-0.2, -0.15) is 13.2 Å². The highest BCUT2D eigenvalue weighted by atomic mass is 19.4. The lowest BCUT2D eigenvalue weighted by Gasteiger charge is -2.33. The fourth-order valence-corrected chi connectivity index (χ4v) is 2.65. The van der Waals surface area contributed by atoms with Crippen LogP contribution in [0.2, 0.25) is 0 Å². The van der Waals surface area contributed by atoms with Crippen LogP contribution in [0.1, 0.15) is 18.4 Å². The quantitative estimate of drug-likeness (QED) is 0.887. The number of benzene rings is 1. The number of carbonyl (C=O) groups excluding carboxylic acids is 2. The van der Waals surface area contributed by atoms with Crippen molar-refractivity contribution < 1.29 is 27.5 Å². The summed E-state index contributed by atoms with van der Waals surface area (Å²) in [5, 5.41) is 0. The second-order valence-corrected chi connectivity index (χ2v) is 5.80. The van der Waals surface area contributed by atoms with E-state index < -0.39 is 23.9 Å². The molecule has 1 aromatic carbocycles. The summed E-state index contributed by atoms with van der Waals surface area (Å²) >= 11 is 0. The van der Waals surface area contributed by atoms with E-state index in [2.05, 4.69) is 0 Å². The summed E-state index contributed by atoms with van der Waals surface area (Å²) in [6, 6.07) is 6.52. The summed E-state index contributed by atoms with van der Waals surface area (Å²) in [5.74, 6) is -2.08. The Balaban J connectivity index is 1.90. The van der Waals surface area contributed by atoms with Crippen molar-refractivity contribution in [3.05, 3.63) is 29.8 Å². The van der Waals surface area contributed by atoms with Gasteiger partial charge in [-0.3, -0.25) is 9.59 Å². The average Bonchev–Trinajstić information content (AvgIpc) is 2.51. The summed E-state index contributed by atoms with van der Waals surface area (Å²) in [5.41, 5.74) is 5.75. The maximum absolute atomic E-state index is 12.8. The molecule has 2 amide bonds. The van der Waals surface area contributed by atoms with Gasteiger partial charge in [-0.1, -0.05) is 12.1 Å². The van der Waals surface area contributed by atoms with Crippen LogP contribution >= 0.6 is 0 Å². The van der Waals surface area contributed by atoms with Gasteiger partial charge in [-0.05, 0) is 30.5 Å². The second-order valence-electron chi connectivity index (χ2n) is 5.80. The van der Waals surface area contributed by atoms with Crippen molar-refractivity contribution in [3.8, 4) is 5.75 Å². The lowest BCUT2D eigenvalue weighted by atomic mass is 9.97. The van der Waals surface area contributed by atoms with Crippen LogP contribution in [0.25, 0.3) is 0 Å². The molecule has 0 aromatic heterocycles. The molecule has 1 aliphatic rings. The SMILES string of the molecule is NC(=O)Cc1cccc(OCC(=O)N2CCC[C@@H](C(F)(F)F)C2)c1. The molecule has 1 atom stereocenters. The standard InChI is InChI=1S/C16H19F3N2O3/c17-16(18,19)12-4-2-6-21(9-12)15(23)10-24-13-5-1-3-11(7-13)8-14(20)22/h1,3,5,7,12H,2,4,6,8-10H2,(H2,20,22)/t12-/m1/s1. The highest BCUT2D eigenvalue weighted by Crippen LogP contribution is 2.33. The van der Waals surface area contributed by atoms with Gasteiger partial charge >= 0.3 is 6.18 Å². The number of hydrogen-bond acceptors (Lipinski definition) is 3. The molecule has 2 rings (SSSR count). The predicted molar refractivity (Wildman–Crippen MR) is 80.2 cm³/mol. The van der Waals surface area contributed by atoms with Crippen molar-refractivity contribution in [2.24, 2.45) is 11.7 Å². The third kappa shape index (κ3) is 5.14. The summed E-state index contributed by atoms with van der Waals surface area (Å²) in [6.07, 6.45) is -3.87. The number of ether oxygens (including phenoxy) is 1. The molecule has 132 valence electrons. The monoisotopic (exact) mass is 344 g/mol. The first-order chi connectivity index (χ1) is 11.3. The Hall–Kier alpha value is -2.25. The van der Waals surface area contributed by atoms with E-state index in [4.69, 9.17) is 10.5 Å². The number of amides is 2. The van der Waals surface area contributed by atoms with Gasteiger partial charge in [0.25, 0.3) is 5.91 Å². The Morgan fingerprint density at radius 3 is 2.75 bits per heavy atom. The molecule has 0 unspecified atom stereocenters. The van der Waals surface area contributed by atoms with Gasteiger partial charge < -0.3 is 15.4 Å². The zero-order valence-corrected chi connectivity index (χ0v) is 13.0. The maximum atomic E-state index is 12.8. The van der Waals surface area contributed by atoms with Gasteiger partial charge in [0.05, 0.1) is 12.3 Å². The van der Waals surface area contributed by atoms with Gasteiger partial charge in [-0.25, -0.2) is 0 Å². The van der Waals surface area contributed by atoms with Crippen molar-refractivity contribution in [2.75, 3.05) is 19.7 Å². The van der Waals surface area contributed by atoms with Gasteiger partial charge in [0, 0.05) is 13.1 Å². The number of likely N-dealkylation sites (tertiary alicyclic amines) is 1. The number of rotatable bonds is 5. The number of alkyl halides is 3. The Morgan fingerprint density at radius 2 is 2.08 bits per heavy atom. The lowest BCUT2D eigenvalue weighted by Crippen LogP contribution is -2.46. The van der Waals surface area contributed by atoms with Gasteiger partial charge in [0.15, 0.2) is 6.61 Å². The van der Waals surface area contributed by atoms with Crippen molar-refractivity contribution in [2.45, 2.75) is 25.4 Å². The Kier molecular flexibility index (Phi) is 5.69. The van der Waals surface area contributed by atoms with Crippen molar-refractivity contribution >= 4 is 11.8 Å². The van der Waals surface area contributed by atoms with Crippen molar-refractivity contribution in [1.82, 2.24) is 4.90 Å². The minimum Gasteiger partial charge on any atom is -0.484 e. The number of halogens is 3. The fourth-order valence-electron chi connectivity index (χ4n) is 2.65. The molecule has 1 aromatic rings. The van der Waals surface area contributed by atoms with Crippen LogP contribution in [0.4, 0.5) is 13.2 Å². The largest absolute Gasteiger partial charge is 0.484 e. The van der Waals surface area contributed by atoms with E-state index in [0.717, 1.165) is 0 Å². The van der Waals surface area contributed by atoms with Gasteiger partial charge in [-0.15, -0.1) is 0 Å². The second kappa shape index (κ2) is 7.55. The van der Waals surface area contributed by atoms with Gasteiger partial charge in [0.2, 0.25) is 5.91 Å². The van der Waals surface area contributed by atoms with Crippen LogP contribution in [0.15, 0.2) is 24.3 Å². The summed E-state index contributed by atoms with van der Waals surface area (Å²) in [4.78, 5) is 24.1. The topological polar surface area (TPSA) is 72.6 Å². The smallest absolute Gasteiger partial charge is 0.393 e. The molecule has 1 heterocycles. The van der Waals surface area contributed by atoms with Crippen molar-refractivity contribution in [3.63, 3.8) is 0 Å². The number of carbonyl (C=O) groups is 2. The number of hydrogen-bond donors (Lipinski definition) is 1. The molecule has 1 fully saturated rings. The molecule has 24 heavy (non-hydrogen) atoms. The van der Waals surface area contributed by atoms with Crippen LogP contribution < -0.4 is 10.5 Å². The number of nitrogens with two attached hydrogens (primary N) is 1. The average molecular weight is 344 g/mol. The third-order valence-corrected chi connectivity index (χ3v) is 3.88. The third-order valence-electron chi connectivity index (χ3n) is 3.88. The molecular formula is C16H19F3N2O3. The van der Waals surface area contributed by atoms with Gasteiger partial charge in [0.1, 0.15) is 5.75 Å². The van der Waals surface area contributed by atoms with Crippen LogP contribution in [0.3, 0.4) is 0 Å². The molecule has 5 nitrogen and oxygen atoms in total. The van der Waals surface area contributed by atoms with E-state index in [0.29, 0.717) is 24.3 Å². The van der Waals surface area contributed by atoms with E-state index in [1.165, 1.54) is 4.90 Å². The highest BCUT2D eigenvalue weighted by molar-refractivity contribution is 5.78. The zero-order chi connectivity index (χ0) is 17.7. The molecule has 0 radical (unpaired) electrons. The molecule has 1 aliphatic heterocycles. The maximum Gasteiger partial charge on any atom is 0.393 e. The molecule has 0 saturated carbocycles. The Bertz CT molecular complexity index is 604. The normalized spacial score (nSPS) is 18.3. The molecule has 0 aliphatic carbocycles. The first kappa shape index (κ1) is 18.1. The molecule has 0 spiro atoms. The molecule has 2 N–H and O–H groups in total. The Labute approximate surface area is 137 Å². The molecule has 0 bridgehead atoms. The minimum absolute atomic E-state index is 0.0449. The highest BCUT2D eigenvalue weighted by Gasteiger charge is 2.42. The fraction of sp³-hybridized carbons (Fsp3) is 0.500. The Morgan fingerprint density at radius 1 is 1.33 bits per heavy atom. The summed E-state index contributed by atoms with van der Waals surface area (Å²) < 4.78 is 43.7. The minimum atomic E-state index is -4.29. The van der Waals surface area contributed by atoms with Crippen LogP contribution in [0, 0.1) is 5.92 Å². The number of primary amides is 1. The van der Waals surface area contributed by atoms with Crippen LogP contribution in [-0.2, 0) is 16.0 Å². The number of piperidine rings is 1. The zero-order valence-electron chi connectivity index (χ0n) is 13.0. The molecular weight excluding hydrogens is 325 g/mol. The first-order valence-corrected chi connectivity index (χ1v) is 7.60. The lowest BCUT2D eigenvalue weighted by molar-refractivity contribution is -0.188. The van der Waals surface area contributed by atoms with Crippen LogP contribution in [-0.4, -0.2) is 42.6 Å². The predicted octanol–water partition coefficient (Wildman–Crippen LogP) is 1.89. The summed E-state index contributed by atoms with van der Waals surface area (Å²) in [7, 11) is 0. The van der Waals surface area contributed by atoms with E-state index in [1.54, 1.807) is 24.3 Å². The van der Waals surface area contributed by atoms with E-state index in [9.17, 15) is 22.8 Å². The molecule has 8 heteroatoms. The molecule has 1 saturated heterocycles. The first-order valence-electron chi connectivity index (χ1n) is 7.60. The van der Waals surface area contributed by atoms with Crippen molar-refractivity contribution in [1.29, 1.82) is 0 Å². The van der Waals surface area contributed by atoms with E-state index >= 15 is 0 Å². The summed E-state index contributed by atoms with van der Waals surface area (Å²) in [6.45, 7) is -0.367. The van der Waals surface area contributed by atoms with E-state index in [-0.39, 0.29) is 26.0 Å². The number of nitrogens with zero attached hydrogens (tertiary/aromatic N) is 1. The van der Waals surface area contributed by atoms with E-state index in [1.807, 2.05) is 0 Å².